The fraction of sp³-hybridized carbons (Fsp3) is 0.333. The van der Waals surface area contributed by atoms with Gasteiger partial charge >= 0.3 is 0 Å². The number of ether oxygens (including phenoxy) is 2. The van der Waals surface area contributed by atoms with Crippen LogP contribution in [0.15, 0.2) is 35.3 Å². The highest BCUT2D eigenvalue weighted by Gasteiger charge is 2.21. The Kier molecular flexibility index (Phi) is 4.55. The predicted octanol–water partition coefficient (Wildman–Crippen LogP) is 1.63. The molecule has 6 nitrogen and oxygen atoms in total. The van der Waals surface area contributed by atoms with Gasteiger partial charge in [-0.15, -0.1) is 0 Å². The second-order valence-corrected chi connectivity index (χ2v) is 5.71. The Morgan fingerprint density at radius 1 is 1.04 bits per heavy atom. The largest absolute Gasteiger partial charge is 0.493 e. The summed E-state index contributed by atoms with van der Waals surface area (Å²) in [6.07, 6.45) is 2.98. The van der Waals surface area contributed by atoms with Crippen molar-refractivity contribution in [3.63, 3.8) is 0 Å². The molecule has 0 radical (unpaired) electrons. The van der Waals surface area contributed by atoms with E-state index in [1.54, 1.807) is 20.3 Å². The Balaban J connectivity index is 1.81. The van der Waals surface area contributed by atoms with Gasteiger partial charge in [0, 0.05) is 25.4 Å². The molecule has 1 aliphatic rings. The van der Waals surface area contributed by atoms with Gasteiger partial charge in [-0.05, 0) is 42.2 Å². The lowest BCUT2D eigenvalue weighted by atomic mass is 10.0. The van der Waals surface area contributed by atoms with Crippen molar-refractivity contribution in [3.8, 4) is 11.5 Å². The number of rotatable bonds is 3. The number of benzene rings is 1. The Bertz CT molecular complexity index is 758. The van der Waals surface area contributed by atoms with Gasteiger partial charge in [0.25, 0.3) is 5.91 Å². The zero-order chi connectivity index (χ0) is 17.1. The average molecular weight is 328 g/mol. The quantitative estimate of drug-likeness (QED) is 0.930. The lowest BCUT2D eigenvalue weighted by Gasteiger charge is -2.20. The maximum absolute atomic E-state index is 12.6. The van der Waals surface area contributed by atoms with Crippen molar-refractivity contribution >= 4 is 5.91 Å². The first-order chi connectivity index (χ1) is 11.6. The molecule has 0 saturated carbocycles. The van der Waals surface area contributed by atoms with Crippen LogP contribution in [0.25, 0.3) is 0 Å². The van der Waals surface area contributed by atoms with Crippen LogP contribution in [-0.4, -0.2) is 43.1 Å². The molecule has 0 saturated heterocycles. The third-order valence-electron chi connectivity index (χ3n) is 4.33. The summed E-state index contributed by atoms with van der Waals surface area (Å²) in [4.78, 5) is 28.1. The van der Waals surface area contributed by atoms with Crippen molar-refractivity contribution in [2.75, 3.05) is 27.3 Å². The summed E-state index contributed by atoms with van der Waals surface area (Å²) in [5.41, 5.74) is 2.62. The summed E-state index contributed by atoms with van der Waals surface area (Å²) in [5, 5.41) is 0. The van der Waals surface area contributed by atoms with E-state index in [0.29, 0.717) is 30.2 Å². The molecule has 2 aromatic rings. The minimum atomic E-state index is -0.214. The standard InChI is InChI=1S/C18H20N2O4/c1-23-15-9-12-5-7-20(8-6-13(12)10-16(15)24-2)18(22)14-3-4-17(21)19-11-14/h3-4,9-11H,5-8H2,1-2H3,(H,19,21). The van der Waals surface area contributed by atoms with Crippen LogP contribution in [0.3, 0.4) is 0 Å². The number of aromatic amines is 1. The van der Waals surface area contributed by atoms with Crippen LogP contribution in [0.4, 0.5) is 0 Å². The summed E-state index contributed by atoms with van der Waals surface area (Å²) < 4.78 is 10.7. The van der Waals surface area contributed by atoms with Crippen LogP contribution in [0.5, 0.6) is 11.5 Å². The molecular formula is C18H20N2O4. The van der Waals surface area contributed by atoms with Gasteiger partial charge in [0.05, 0.1) is 19.8 Å². The highest BCUT2D eigenvalue weighted by atomic mass is 16.5. The summed E-state index contributed by atoms with van der Waals surface area (Å²) in [6, 6.07) is 6.91. The van der Waals surface area contributed by atoms with Crippen molar-refractivity contribution in [2.45, 2.75) is 12.8 Å². The first kappa shape index (κ1) is 16.1. The number of fused-ring (bicyclic) bond motifs is 1. The molecule has 0 fully saturated rings. The Morgan fingerprint density at radius 3 is 2.08 bits per heavy atom. The molecule has 24 heavy (non-hydrogen) atoms. The second kappa shape index (κ2) is 6.78. The van der Waals surface area contributed by atoms with Gasteiger partial charge in [0.15, 0.2) is 11.5 Å². The third-order valence-corrected chi connectivity index (χ3v) is 4.33. The zero-order valence-corrected chi connectivity index (χ0v) is 13.8. The van der Waals surface area contributed by atoms with Crippen molar-refractivity contribution in [1.82, 2.24) is 9.88 Å². The molecule has 1 aromatic heterocycles. The average Bonchev–Trinajstić information content (AvgIpc) is 2.82. The van der Waals surface area contributed by atoms with E-state index >= 15 is 0 Å². The van der Waals surface area contributed by atoms with E-state index < -0.39 is 0 Å². The molecule has 0 spiro atoms. The van der Waals surface area contributed by atoms with Crippen LogP contribution in [-0.2, 0) is 12.8 Å². The normalized spacial score (nSPS) is 13.8. The SMILES string of the molecule is COc1cc2c(cc1OC)CCN(C(=O)c1ccc(=O)[nH]c1)CC2. The lowest BCUT2D eigenvalue weighted by molar-refractivity contribution is 0.0762. The van der Waals surface area contributed by atoms with E-state index in [0.717, 1.165) is 12.8 Å². The molecule has 6 heteroatoms. The van der Waals surface area contributed by atoms with E-state index in [9.17, 15) is 9.59 Å². The maximum Gasteiger partial charge on any atom is 0.255 e. The number of amides is 1. The van der Waals surface area contributed by atoms with Gasteiger partial charge < -0.3 is 19.4 Å². The highest BCUT2D eigenvalue weighted by molar-refractivity contribution is 5.93. The van der Waals surface area contributed by atoms with Crippen LogP contribution in [0.2, 0.25) is 0 Å². The molecule has 0 atom stereocenters. The molecule has 1 aromatic carbocycles. The Hall–Kier alpha value is -2.76. The first-order valence-corrected chi connectivity index (χ1v) is 7.84. The van der Waals surface area contributed by atoms with E-state index in [2.05, 4.69) is 4.98 Å². The maximum atomic E-state index is 12.6. The number of aromatic nitrogens is 1. The van der Waals surface area contributed by atoms with Crippen LogP contribution in [0.1, 0.15) is 21.5 Å². The molecule has 1 aliphatic heterocycles. The molecule has 2 heterocycles. The number of nitrogens with one attached hydrogen (secondary N) is 1. The summed E-state index contributed by atoms with van der Waals surface area (Å²) in [7, 11) is 3.24. The molecular weight excluding hydrogens is 308 g/mol. The van der Waals surface area contributed by atoms with Crippen LogP contribution >= 0.6 is 0 Å². The number of carbonyl (C=O) groups is 1. The van der Waals surface area contributed by atoms with E-state index in [1.807, 2.05) is 17.0 Å². The predicted molar refractivity (Wildman–Crippen MR) is 89.9 cm³/mol. The topological polar surface area (TPSA) is 71.6 Å². The monoisotopic (exact) mass is 328 g/mol. The second-order valence-electron chi connectivity index (χ2n) is 5.71. The zero-order valence-electron chi connectivity index (χ0n) is 13.8. The summed E-state index contributed by atoms with van der Waals surface area (Å²) in [5.74, 6) is 1.34. The van der Waals surface area contributed by atoms with Gasteiger partial charge in [0.2, 0.25) is 5.56 Å². The molecule has 0 unspecified atom stereocenters. The van der Waals surface area contributed by atoms with Crippen molar-refractivity contribution < 1.29 is 14.3 Å². The van der Waals surface area contributed by atoms with E-state index in [-0.39, 0.29) is 11.5 Å². The van der Waals surface area contributed by atoms with Crippen molar-refractivity contribution in [3.05, 3.63) is 57.5 Å². The van der Waals surface area contributed by atoms with Gasteiger partial charge in [-0.1, -0.05) is 0 Å². The van der Waals surface area contributed by atoms with Gasteiger partial charge in [-0.3, -0.25) is 9.59 Å². The fourth-order valence-electron chi connectivity index (χ4n) is 2.98. The highest BCUT2D eigenvalue weighted by Crippen LogP contribution is 2.32. The number of nitrogens with zero attached hydrogens (tertiary/aromatic N) is 1. The van der Waals surface area contributed by atoms with Gasteiger partial charge in [-0.25, -0.2) is 0 Å². The van der Waals surface area contributed by atoms with Crippen LogP contribution < -0.4 is 15.0 Å². The van der Waals surface area contributed by atoms with E-state index in [1.165, 1.54) is 23.4 Å². The summed E-state index contributed by atoms with van der Waals surface area (Å²) >= 11 is 0. The molecule has 0 aliphatic carbocycles. The fourth-order valence-corrected chi connectivity index (χ4v) is 2.98. The molecule has 1 amide bonds. The number of pyridine rings is 1. The number of carbonyl (C=O) groups excluding carboxylic acids is 1. The van der Waals surface area contributed by atoms with Gasteiger partial charge in [-0.2, -0.15) is 0 Å². The smallest absolute Gasteiger partial charge is 0.255 e. The van der Waals surface area contributed by atoms with Crippen molar-refractivity contribution in [1.29, 1.82) is 0 Å². The minimum Gasteiger partial charge on any atom is -0.493 e. The lowest BCUT2D eigenvalue weighted by Crippen LogP contribution is -2.33. The third kappa shape index (κ3) is 3.13. The molecule has 0 bridgehead atoms. The number of hydrogen-bond donors (Lipinski definition) is 1. The number of hydrogen-bond acceptors (Lipinski definition) is 4. The number of H-pyrrole nitrogens is 1. The van der Waals surface area contributed by atoms with E-state index in [4.69, 9.17) is 9.47 Å². The van der Waals surface area contributed by atoms with Gasteiger partial charge in [0.1, 0.15) is 0 Å². The minimum absolute atomic E-state index is 0.0713. The molecule has 3 rings (SSSR count). The molecule has 126 valence electrons. The Labute approximate surface area is 140 Å². The first-order valence-electron chi connectivity index (χ1n) is 7.84. The van der Waals surface area contributed by atoms with Crippen LogP contribution in [0, 0.1) is 0 Å². The Morgan fingerprint density at radius 2 is 1.62 bits per heavy atom. The number of methoxy groups -OCH3 is 2. The van der Waals surface area contributed by atoms with Crippen molar-refractivity contribution in [2.24, 2.45) is 0 Å². The summed E-state index contributed by atoms with van der Waals surface area (Å²) in [6.45, 7) is 1.25. The molecule has 1 N–H and O–H groups in total.